The maximum atomic E-state index is 13.0. The van der Waals surface area contributed by atoms with E-state index in [1.54, 1.807) is 0 Å². The summed E-state index contributed by atoms with van der Waals surface area (Å²) in [6.45, 7) is 0. The molecule has 0 aliphatic heterocycles. The molecule has 2 heterocycles. The van der Waals surface area contributed by atoms with Gasteiger partial charge in [0, 0.05) is 24.9 Å². The summed E-state index contributed by atoms with van der Waals surface area (Å²) in [6.07, 6.45) is -5.20. The van der Waals surface area contributed by atoms with E-state index in [-0.39, 0.29) is 17.8 Å². The van der Waals surface area contributed by atoms with E-state index in [9.17, 15) is 37.5 Å². The summed E-state index contributed by atoms with van der Waals surface area (Å²) in [5.41, 5.74) is -3.60. The number of methoxy groups -OCH3 is 1. The highest BCUT2D eigenvalue weighted by Crippen LogP contribution is 2.28. The van der Waals surface area contributed by atoms with Crippen LogP contribution in [0.5, 0.6) is 0 Å². The molecule has 2 aromatic heterocycles. The van der Waals surface area contributed by atoms with E-state index in [1.807, 2.05) is 0 Å². The van der Waals surface area contributed by atoms with E-state index in [4.69, 9.17) is 0 Å². The monoisotopic (exact) mass is 457 g/mol. The summed E-state index contributed by atoms with van der Waals surface area (Å²) in [5, 5.41) is 9.62. The zero-order valence-corrected chi connectivity index (χ0v) is 16.8. The lowest BCUT2D eigenvalue weighted by Crippen LogP contribution is -2.40. The Kier molecular flexibility index (Phi) is 5.72. The number of carboxylic acids is 1. The van der Waals surface area contributed by atoms with E-state index < -0.39 is 41.0 Å². The number of nitrogens with zero attached hydrogens (tertiary/aromatic N) is 3. The topological polar surface area (TPSA) is 120 Å². The Morgan fingerprint density at radius 1 is 1.26 bits per heavy atom. The van der Waals surface area contributed by atoms with Gasteiger partial charge in [0.2, 0.25) is 0 Å². The highest BCUT2D eigenvalue weighted by atomic mass is 32.1. The molecular weight excluding hydrogens is 443 g/mol. The number of aromatic nitrogens is 3. The molecule has 164 valence electrons. The molecule has 31 heavy (non-hydrogen) atoms. The number of carbonyl (C=O) groups excluding carboxylic acids is 1. The number of hydrogen-bond donors (Lipinski definition) is 1. The second kappa shape index (κ2) is 7.98. The number of ether oxygens (including phenoxy) is 1. The molecule has 1 aromatic carbocycles. The summed E-state index contributed by atoms with van der Waals surface area (Å²) in [4.78, 5) is 47.9. The number of halogens is 3. The largest absolute Gasteiger partial charge is 0.481 e. The minimum Gasteiger partial charge on any atom is -0.481 e. The Morgan fingerprint density at radius 2 is 1.94 bits per heavy atom. The molecule has 0 saturated heterocycles. The lowest BCUT2D eigenvalue weighted by molar-refractivity contribution is -0.156. The summed E-state index contributed by atoms with van der Waals surface area (Å²) >= 11 is 0.994. The SMILES string of the molecule is COC(=O)C(Cc1nsc2ccc(-n3c(=O)cc(C(F)(F)F)n(C)c3=O)cc12)C(=O)O. The number of fused-ring (bicyclic) bond motifs is 1. The van der Waals surface area contributed by atoms with Crippen LogP contribution in [0.4, 0.5) is 13.2 Å². The molecule has 0 spiro atoms. The van der Waals surface area contributed by atoms with Gasteiger partial charge >= 0.3 is 23.8 Å². The summed E-state index contributed by atoms with van der Waals surface area (Å²) < 4.78 is 49.2. The second-order valence-electron chi connectivity index (χ2n) is 6.47. The van der Waals surface area contributed by atoms with Gasteiger partial charge in [-0.1, -0.05) is 0 Å². The number of carboxylic acid groups (broad SMARTS) is 1. The fourth-order valence-electron chi connectivity index (χ4n) is 3.01. The first-order valence-corrected chi connectivity index (χ1v) is 9.32. The van der Waals surface area contributed by atoms with E-state index >= 15 is 0 Å². The lowest BCUT2D eigenvalue weighted by Gasteiger charge is -2.14. The molecule has 1 unspecified atom stereocenters. The summed E-state index contributed by atoms with van der Waals surface area (Å²) in [5.74, 6) is -3.92. The Morgan fingerprint density at radius 3 is 2.52 bits per heavy atom. The lowest BCUT2D eigenvalue weighted by atomic mass is 10.0. The van der Waals surface area contributed by atoms with Crippen LogP contribution in [0.15, 0.2) is 33.9 Å². The van der Waals surface area contributed by atoms with Crippen LogP contribution in [0.2, 0.25) is 0 Å². The van der Waals surface area contributed by atoms with Gasteiger partial charge in [0.25, 0.3) is 5.56 Å². The molecule has 0 fully saturated rings. The minimum atomic E-state index is -4.89. The minimum absolute atomic E-state index is 0.0294. The first kappa shape index (κ1) is 22.2. The predicted octanol–water partition coefficient (Wildman–Crippen LogP) is 1.58. The number of esters is 1. The maximum absolute atomic E-state index is 13.0. The van der Waals surface area contributed by atoms with Gasteiger partial charge < -0.3 is 9.84 Å². The number of aliphatic carboxylic acids is 1. The van der Waals surface area contributed by atoms with Gasteiger partial charge in [-0.2, -0.15) is 17.5 Å². The quantitative estimate of drug-likeness (QED) is 0.456. The molecule has 0 amide bonds. The zero-order valence-electron chi connectivity index (χ0n) is 16.0. The third-order valence-electron chi connectivity index (χ3n) is 4.58. The standard InChI is InChI=1S/C18H14F3N3O6S/c1-23-13(18(19,20)21)7-14(25)24(17(23)29)8-3-4-12-9(5-8)11(22-31-12)6-10(15(26)27)16(28)30-2/h3-5,7,10H,6H2,1-2H3,(H,26,27). The van der Waals surface area contributed by atoms with E-state index in [2.05, 4.69) is 9.11 Å². The summed E-state index contributed by atoms with van der Waals surface area (Å²) in [7, 11) is 1.94. The van der Waals surface area contributed by atoms with Crippen molar-refractivity contribution in [3.8, 4) is 5.69 Å². The first-order valence-electron chi connectivity index (χ1n) is 8.55. The van der Waals surface area contributed by atoms with Crippen LogP contribution in [-0.2, 0) is 34.0 Å². The van der Waals surface area contributed by atoms with Crippen LogP contribution >= 0.6 is 11.5 Å². The van der Waals surface area contributed by atoms with Crippen LogP contribution in [0.3, 0.4) is 0 Å². The molecule has 0 aliphatic rings. The van der Waals surface area contributed by atoms with Gasteiger partial charge in [-0.15, -0.1) is 0 Å². The van der Waals surface area contributed by atoms with Crippen molar-refractivity contribution in [1.82, 2.24) is 13.5 Å². The van der Waals surface area contributed by atoms with Crippen molar-refractivity contribution in [3.63, 3.8) is 0 Å². The van der Waals surface area contributed by atoms with Crippen molar-refractivity contribution in [2.75, 3.05) is 7.11 Å². The number of rotatable bonds is 5. The van der Waals surface area contributed by atoms with Crippen LogP contribution in [0.1, 0.15) is 11.4 Å². The van der Waals surface area contributed by atoms with E-state index in [0.717, 1.165) is 25.7 Å². The fraction of sp³-hybridized carbons (Fsp3) is 0.278. The Labute approximate surface area is 175 Å². The fourth-order valence-corrected chi connectivity index (χ4v) is 3.79. The van der Waals surface area contributed by atoms with Gasteiger partial charge in [-0.3, -0.25) is 19.0 Å². The van der Waals surface area contributed by atoms with Crippen LogP contribution < -0.4 is 11.2 Å². The number of hydrogen-bond acceptors (Lipinski definition) is 7. The van der Waals surface area contributed by atoms with Gasteiger partial charge in [0.1, 0.15) is 5.69 Å². The average molecular weight is 457 g/mol. The normalized spacial score (nSPS) is 12.7. The van der Waals surface area contributed by atoms with Crippen molar-refractivity contribution in [2.45, 2.75) is 12.6 Å². The molecule has 3 rings (SSSR count). The van der Waals surface area contributed by atoms with E-state index in [0.29, 0.717) is 25.3 Å². The number of alkyl halides is 3. The molecule has 1 atom stereocenters. The van der Waals surface area contributed by atoms with Crippen LogP contribution in [0, 0.1) is 5.92 Å². The third-order valence-corrected chi connectivity index (χ3v) is 5.44. The summed E-state index contributed by atoms with van der Waals surface area (Å²) in [6, 6.07) is 4.50. The zero-order chi connectivity index (χ0) is 23.1. The molecule has 3 aromatic rings. The van der Waals surface area contributed by atoms with E-state index in [1.165, 1.54) is 18.2 Å². The Bertz CT molecular complexity index is 1310. The molecule has 0 radical (unpaired) electrons. The number of benzene rings is 1. The van der Waals surface area contributed by atoms with Crippen molar-refractivity contribution >= 4 is 33.6 Å². The maximum Gasteiger partial charge on any atom is 0.431 e. The van der Waals surface area contributed by atoms with Gasteiger partial charge in [-0.25, -0.2) is 9.36 Å². The first-order chi connectivity index (χ1) is 14.5. The highest BCUT2D eigenvalue weighted by molar-refractivity contribution is 7.13. The smallest absolute Gasteiger partial charge is 0.431 e. The molecule has 0 aliphatic carbocycles. The van der Waals surface area contributed by atoms with Crippen molar-refractivity contribution in [3.05, 3.63) is 56.5 Å². The van der Waals surface area contributed by atoms with Gasteiger partial charge in [0.15, 0.2) is 5.92 Å². The van der Waals surface area contributed by atoms with Crippen molar-refractivity contribution < 1.29 is 32.6 Å². The van der Waals surface area contributed by atoms with Crippen LogP contribution in [-0.4, -0.2) is 37.7 Å². The van der Waals surface area contributed by atoms with Crippen molar-refractivity contribution in [1.29, 1.82) is 0 Å². The molecule has 9 nitrogen and oxygen atoms in total. The Hall–Kier alpha value is -3.48. The molecule has 0 saturated carbocycles. The van der Waals surface area contributed by atoms with Gasteiger partial charge in [0.05, 0.1) is 23.2 Å². The Balaban J connectivity index is 2.15. The average Bonchev–Trinajstić information content (AvgIpc) is 3.09. The third kappa shape index (κ3) is 4.08. The van der Waals surface area contributed by atoms with Crippen molar-refractivity contribution in [2.24, 2.45) is 13.0 Å². The second-order valence-corrected chi connectivity index (χ2v) is 7.28. The van der Waals surface area contributed by atoms with Gasteiger partial charge in [-0.05, 0) is 29.7 Å². The van der Waals surface area contributed by atoms with Crippen LogP contribution in [0.25, 0.3) is 15.8 Å². The predicted molar refractivity (Wildman–Crippen MR) is 102 cm³/mol. The molecule has 1 N–H and O–H groups in total. The molecule has 0 bridgehead atoms. The number of carbonyl (C=O) groups is 2. The highest BCUT2D eigenvalue weighted by Gasteiger charge is 2.35. The molecule has 13 heteroatoms. The molecular formula is C18H14F3N3O6S.